The number of hydrogen-bond donors (Lipinski definition) is 1. The standard InChI is InChI=1S/C21H24N2O2/c1-16-7-5-6-10-19(16)21(25)23-13-11-18(12-14-23)22-20(24)15-17-8-3-2-4-9-17/h2-10,18H,11-15H2,1H3,(H,22,24). The Bertz CT molecular complexity index is 735. The molecule has 1 saturated heterocycles. The molecule has 2 aromatic carbocycles. The van der Waals surface area contributed by atoms with E-state index in [4.69, 9.17) is 0 Å². The minimum atomic E-state index is 0.0508. The van der Waals surface area contributed by atoms with Crippen LogP contribution in [0.25, 0.3) is 0 Å². The van der Waals surface area contributed by atoms with Gasteiger partial charge in [0.15, 0.2) is 0 Å². The van der Waals surface area contributed by atoms with Crippen LogP contribution in [0.5, 0.6) is 0 Å². The quantitative estimate of drug-likeness (QED) is 0.933. The molecule has 130 valence electrons. The molecule has 4 nitrogen and oxygen atoms in total. The molecule has 25 heavy (non-hydrogen) atoms. The third-order valence-electron chi connectivity index (χ3n) is 4.73. The second kappa shape index (κ2) is 7.97. The van der Waals surface area contributed by atoms with E-state index < -0.39 is 0 Å². The molecule has 1 aliphatic rings. The Morgan fingerprint density at radius 3 is 2.32 bits per heavy atom. The van der Waals surface area contributed by atoms with Crippen molar-refractivity contribution >= 4 is 11.8 Å². The van der Waals surface area contributed by atoms with Gasteiger partial charge in [-0.15, -0.1) is 0 Å². The van der Waals surface area contributed by atoms with Crippen LogP contribution in [0.4, 0.5) is 0 Å². The molecule has 4 heteroatoms. The highest BCUT2D eigenvalue weighted by Crippen LogP contribution is 2.16. The van der Waals surface area contributed by atoms with Gasteiger partial charge < -0.3 is 10.2 Å². The first-order valence-electron chi connectivity index (χ1n) is 8.81. The van der Waals surface area contributed by atoms with Gasteiger partial charge in [0, 0.05) is 24.7 Å². The second-order valence-corrected chi connectivity index (χ2v) is 6.61. The van der Waals surface area contributed by atoms with Gasteiger partial charge in [-0.1, -0.05) is 48.5 Å². The molecule has 0 radical (unpaired) electrons. The summed E-state index contributed by atoms with van der Waals surface area (Å²) in [6.07, 6.45) is 2.01. The molecule has 0 aromatic heterocycles. The molecule has 0 saturated carbocycles. The lowest BCUT2D eigenvalue weighted by Gasteiger charge is -2.32. The maximum absolute atomic E-state index is 12.6. The van der Waals surface area contributed by atoms with Gasteiger partial charge >= 0.3 is 0 Å². The van der Waals surface area contributed by atoms with E-state index in [1.165, 1.54) is 0 Å². The van der Waals surface area contributed by atoms with Gasteiger partial charge in [0.05, 0.1) is 6.42 Å². The van der Waals surface area contributed by atoms with Crippen LogP contribution in [-0.2, 0) is 11.2 Å². The fourth-order valence-corrected chi connectivity index (χ4v) is 3.27. The van der Waals surface area contributed by atoms with Crippen LogP contribution in [0.15, 0.2) is 54.6 Å². The summed E-state index contributed by atoms with van der Waals surface area (Å²) in [4.78, 5) is 26.7. The van der Waals surface area contributed by atoms with E-state index in [0.29, 0.717) is 19.5 Å². The first-order chi connectivity index (χ1) is 12.1. The summed E-state index contributed by atoms with van der Waals surface area (Å²) in [6.45, 7) is 3.33. The summed E-state index contributed by atoms with van der Waals surface area (Å²) in [5, 5.41) is 3.10. The third-order valence-corrected chi connectivity index (χ3v) is 4.73. The number of carbonyl (C=O) groups is 2. The lowest BCUT2D eigenvalue weighted by molar-refractivity contribution is -0.121. The van der Waals surface area contributed by atoms with Gasteiger partial charge in [0.1, 0.15) is 0 Å². The van der Waals surface area contributed by atoms with Crippen molar-refractivity contribution in [3.05, 3.63) is 71.3 Å². The van der Waals surface area contributed by atoms with E-state index >= 15 is 0 Å². The minimum Gasteiger partial charge on any atom is -0.353 e. The van der Waals surface area contributed by atoms with Crippen LogP contribution in [-0.4, -0.2) is 35.8 Å². The maximum Gasteiger partial charge on any atom is 0.254 e. The van der Waals surface area contributed by atoms with Gasteiger partial charge in [-0.2, -0.15) is 0 Å². The highest BCUT2D eigenvalue weighted by molar-refractivity contribution is 5.95. The number of nitrogens with one attached hydrogen (secondary N) is 1. The molecule has 0 atom stereocenters. The van der Waals surface area contributed by atoms with Gasteiger partial charge in [-0.25, -0.2) is 0 Å². The Balaban J connectivity index is 1.49. The fourth-order valence-electron chi connectivity index (χ4n) is 3.27. The summed E-state index contributed by atoms with van der Waals surface area (Å²) in [5.41, 5.74) is 2.80. The number of hydrogen-bond acceptors (Lipinski definition) is 2. The monoisotopic (exact) mass is 336 g/mol. The molecular weight excluding hydrogens is 312 g/mol. The van der Waals surface area contributed by atoms with E-state index in [2.05, 4.69) is 5.32 Å². The van der Waals surface area contributed by atoms with Gasteiger partial charge in [0.2, 0.25) is 5.91 Å². The predicted octanol–water partition coefficient (Wildman–Crippen LogP) is 2.96. The SMILES string of the molecule is Cc1ccccc1C(=O)N1CCC(NC(=O)Cc2ccccc2)CC1. The molecule has 1 aliphatic heterocycles. The number of likely N-dealkylation sites (tertiary alicyclic amines) is 1. The highest BCUT2D eigenvalue weighted by atomic mass is 16.2. The lowest BCUT2D eigenvalue weighted by Crippen LogP contribution is -2.47. The Kier molecular flexibility index (Phi) is 5.49. The fraction of sp³-hybridized carbons (Fsp3) is 0.333. The molecule has 2 amide bonds. The molecule has 2 aromatic rings. The van der Waals surface area contributed by atoms with E-state index in [1.54, 1.807) is 0 Å². The van der Waals surface area contributed by atoms with Crippen molar-refractivity contribution in [2.75, 3.05) is 13.1 Å². The minimum absolute atomic E-state index is 0.0508. The molecule has 1 N–H and O–H groups in total. The summed E-state index contributed by atoms with van der Waals surface area (Å²) in [5.74, 6) is 0.141. The van der Waals surface area contributed by atoms with Crippen molar-refractivity contribution < 1.29 is 9.59 Å². The van der Waals surface area contributed by atoms with Crippen LogP contribution in [0, 0.1) is 6.92 Å². The van der Waals surface area contributed by atoms with Crippen LogP contribution in [0.3, 0.4) is 0 Å². The molecule has 0 unspecified atom stereocenters. The Hall–Kier alpha value is -2.62. The zero-order valence-electron chi connectivity index (χ0n) is 14.6. The maximum atomic E-state index is 12.6. The smallest absolute Gasteiger partial charge is 0.254 e. The average molecular weight is 336 g/mol. The summed E-state index contributed by atoms with van der Waals surface area (Å²) < 4.78 is 0. The molecular formula is C21H24N2O2. The average Bonchev–Trinajstić information content (AvgIpc) is 2.63. The van der Waals surface area contributed by atoms with Crippen molar-refractivity contribution in [1.82, 2.24) is 10.2 Å². The summed E-state index contributed by atoms with van der Waals surface area (Å²) >= 11 is 0. The summed E-state index contributed by atoms with van der Waals surface area (Å²) in [7, 11) is 0. The van der Waals surface area contributed by atoms with Crippen molar-refractivity contribution in [2.24, 2.45) is 0 Å². The number of benzene rings is 2. The predicted molar refractivity (Wildman–Crippen MR) is 98.4 cm³/mol. The van der Waals surface area contributed by atoms with Crippen molar-refractivity contribution in [3.8, 4) is 0 Å². The van der Waals surface area contributed by atoms with Crippen LogP contribution >= 0.6 is 0 Å². The lowest BCUT2D eigenvalue weighted by atomic mass is 10.0. The van der Waals surface area contributed by atoms with E-state index in [9.17, 15) is 9.59 Å². The largest absolute Gasteiger partial charge is 0.353 e. The normalized spacial score (nSPS) is 15.0. The van der Waals surface area contributed by atoms with Crippen LogP contribution in [0.1, 0.15) is 34.3 Å². The van der Waals surface area contributed by atoms with Gasteiger partial charge in [-0.3, -0.25) is 9.59 Å². The van der Waals surface area contributed by atoms with Crippen molar-refractivity contribution in [1.29, 1.82) is 0 Å². The zero-order valence-corrected chi connectivity index (χ0v) is 14.6. The third kappa shape index (κ3) is 4.47. The van der Waals surface area contributed by atoms with E-state index in [1.807, 2.05) is 66.4 Å². The van der Waals surface area contributed by atoms with E-state index in [-0.39, 0.29) is 17.9 Å². The topological polar surface area (TPSA) is 49.4 Å². The van der Waals surface area contributed by atoms with Gasteiger partial charge in [-0.05, 0) is 37.0 Å². The number of piperidine rings is 1. The van der Waals surface area contributed by atoms with Crippen LogP contribution in [0.2, 0.25) is 0 Å². The number of rotatable bonds is 4. The summed E-state index contributed by atoms with van der Waals surface area (Å²) in [6, 6.07) is 17.6. The number of carbonyl (C=O) groups excluding carboxylic acids is 2. The molecule has 0 bridgehead atoms. The molecule has 1 fully saturated rings. The first kappa shape index (κ1) is 17.2. The Morgan fingerprint density at radius 1 is 1.00 bits per heavy atom. The second-order valence-electron chi connectivity index (χ2n) is 6.61. The van der Waals surface area contributed by atoms with Crippen molar-refractivity contribution in [3.63, 3.8) is 0 Å². The Labute approximate surface area is 148 Å². The Morgan fingerprint density at radius 2 is 1.64 bits per heavy atom. The van der Waals surface area contributed by atoms with Crippen LogP contribution < -0.4 is 5.32 Å². The highest BCUT2D eigenvalue weighted by Gasteiger charge is 2.25. The van der Waals surface area contributed by atoms with Gasteiger partial charge in [0.25, 0.3) is 5.91 Å². The molecule has 1 heterocycles. The number of nitrogens with zero attached hydrogens (tertiary/aromatic N) is 1. The van der Waals surface area contributed by atoms with E-state index in [0.717, 1.165) is 29.5 Å². The number of aryl methyl sites for hydroxylation is 1. The molecule has 3 rings (SSSR count). The van der Waals surface area contributed by atoms with Crippen molar-refractivity contribution in [2.45, 2.75) is 32.2 Å². The molecule has 0 aliphatic carbocycles. The first-order valence-corrected chi connectivity index (χ1v) is 8.81. The molecule has 0 spiro atoms. The zero-order chi connectivity index (χ0) is 17.6. The number of amides is 2.